The highest BCUT2D eigenvalue weighted by atomic mass is 35.5. The third-order valence-corrected chi connectivity index (χ3v) is 3.83. The zero-order valence-corrected chi connectivity index (χ0v) is 13.3. The van der Waals surface area contributed by atoms with Crippen LogP contribution in [0, 0.1) is 0 Å². The fourth-order valence-corrected chi connectivity index (χ4v) is 2.58. The highest BCUT2D eigenvalue weighted by molar-refractivity contribution is 6.41. The highest BCUT2D eigenvalue weighted by Crippen LogP contribution is 2.30. The third-order valence-electron chi connectivity index (χ3n) is 3.13. The van der Waals surface area contributed by atoms with Crippen LogP contribution in [0.25, 0.3) is 0 Å². The fourth-order valence-electron chi connectivity index (χ4n) is 1.97. The number of hydrogen-bond donors (Lipinski definition) is 1. The van der Waals surface area contributed by atoms with Gasteiger partial charge in [0.05, 0.1) is 22.7 Å². The first kappa shape index (κ1) is 16.3. The van der Waals surface area contributed by atoms with Gasteiger partial charge < -0.3 is 9.84 Å². The monoisotopic (exact) mass is 342 g/mol. The average molecular weight is 343 g/mol. The number of aromatic amines is 1. The lowest BCUT2D eigenvalue weighted by Gasteiger charge is -2.08. The maximum atomic E-state index is 12.5. The summed E-state index contributed by atoms with van der Waals surface area (Å²) >= 11 is 12.0. The van der Waals surface area contributed by atoms with Crippen LogP contribution in [0.4, 0.5) is 0 Å². The van der Waals surface area contributed by atoms with Crippen LogP contribution in [0.15, 0.2) is 23.1 Å². The molecule has 0 bridgehead atoms. The van der Waals surface area contributed by atoms with Crippen molar-refractivity contribution in [2.24, 2.45) is 0 Å². The average Bonchev–Trinajstić information content (AvgIpc) is 2.87. The van der Waals surface area contributed by atoms with E-state index in [1.54, 1.807) is 6.92 Å². The number of H-pyrrole nitrogens is 1. The first-order chi connectivity index (χ1) is 10.4. The Kier molecular flexibility index (Phi) is 4.73. The SMILES string of the molecule is CCn1[nH]cc(C(=O)c2ccc(Cl)c(C(=O)OC)c2Cl)c1=O. The van der Waals surface area contributed by atoms with E-state index in [0.29, 0.717) is 6.54 Å². The van der Waals surface area contributed by atoms with Gasteiger partial charge in [0.1, 0.15) is 5.56 Å². The van der Waals surface area contributed by atoms with Crippen molar-refractivity contribution in [3.05, 3.63) is 55.4 Å². The number of aryl methyl sites for hydroxylation is 1. The number of carbonyl (C=O) groups is 2. The third kappa shape index (κ3) is 2.67. The molecule has 2 rings (SSSR count). The minimum absolute atomic E-state index is 0.00539. The van der Waals surface area contributed by atoms with Gasteiger partial charge in [-0.3, -0.25) is 14.3 Å². The van der Waals surface area contributed by atoms with Gasteiger partial charge in [-0.05, 0) is 19.1 Å². The number of ether oxygens (including phenoxy) is 1. The minimum atomic E-state index is -0.760. The second-order valence-electron chi connectivity index (χ2n) is 4.34. The number of aromatic nitrogens is 2. The lowest BCUT2D eigenvalue weighted by atomic mass is 10.0. The normalized spacial score (nSPS) is 10.5. The molecule has 0 atom stereocenters. The number of esters is 1. The van der Waals surface area contributed by atoms with Gasteiger partial charge in [0.25, 0.3) is 5.56 Å². The summed E-state index contributed by atoms with van der Waals surface area (Å²) in [6.45, 7) is 2.16. The molecule has 0 radical (unpaired) electrons. The maximum Gasteiger partial charge on any atom is 0.340 e. The first-order valence-corrected chi connectivity index (χ1v) is 7.07. The number of benzene rings is 1. The van der Waals surface area contributed by atoms with Crippen LogP contribution < -0.4 is 5.56 Å². The molecule has 0 saturated heterocycles. The predicted octanol–water partition coefficient (Wildman–Crippen LogP) is 2.52. The molecule has 1 heterocycles. The largest absolute Gasteiger partial charge is 0.465 e. The minimum Gasteiger partial charge on any atom is -0.465 e. The van der Waals surface area contributed by atoms with Gasteiger partial charge in [-0.15, -0.1) is 0 Å². The summed E-state index contributed by atoms with van der Waals surface area (Å²) in [5, 5.41) is 2.59. The summed E-state index contributed by atoms with van der Waals surface area (Å²) < 4.78 is 5.87. The van der Waals surface area contributed by atoms with Crippen LogP contribution in [-0.2, 0) is 11.3 Å². The second-order valence-corrected chi connectivity index (χ2v) is 5.13. The molecule has 0 spiro atoms. The Hall–Kier alpha value is -2.05. The Labute approximate surface area is 135 Å². The van der Waals surface area contributed by atoms with Crippen molar-refractivity contribution >= 4 is 35.0 Å². The molecule has 0 fully saturated rings. The number of nitrogens with zero attached hydrogens (tertiary/aromatic N) is 1. The van der Waals surface area contributed by atoms with E-state index < -0.39 is 17.3 Å². The molecule has 6 nitrogen and oxygen atoms in total. The molecule has 0 aliphatic heterocycles. The van der Waals surface area contributed by atoms with E-state index in [2.05, 4.69) is 9.84 Å². The Morgan fingerprint density at radius 2 is 1.95 bits per heavy atom. The van der Waals surface area contributed by atoms with Gasteiger partial charge in [0, 0.05) is 18.3 Å². The van der Waals surface area contributed by atoms with E-state index in [0.717, 1.165) is 0 Å². The van der Waals surface area contributed by atoms with E-state index in [1.807, 2.05) is 0 Å². The van der Waals surface area contributed by atoms with Gasteiger partial charge in [-0.1, -0.05) is 23.2 Å². The first-order valence-electron chi connectivity index (χ1n) is 6.31. The van der Waals surface area contributed by atoms with Crippen molar-refractivity contribution in [1.82, 2.24) is 9.78 Å². The molecule has 2 aromatic rings. The number of methoxy groups -OCH3 is 1. The molecule has 0 aliphatic rings. The molecule has 22 heavy (non-hydrogen) atoms. The molecule has 1 aromatic heterocycles. The Balaban J connectivity index is 2.58. The molecule has 0 aliphatic carbocycles. The van der Waals surface area contributed by atoms with E-state index in [9.17, 15) is 14.4 Å². The van der Waals surface area contributed by atoms with Crippen LogP contribution in [0.5, 0.6) is 0 Å². The molecule has 116 valence electrons. The Bertz CT molecular complexity index is 808. The van der Waals surface area contributed by atoms with E-state index >= 15 is 0 Å². The van der Waals surface area contributed by atoms with Crippen molar-refractivity contribution in [2.75, 3.05) is 7.11 Å². The smallest absolute Gasteiger partial charge is 0.340 e. The van der Waals surface area contributed by atoms with Gasteiger partial charge in [0.15, 0.2) is 0 Å². The van der Waals surface area contributed by atoms with E-state index in [-0.39, 0.29) is 26.7 Å². The number of nitrogens with one attached hydrogen (secondary N) is 1. The maximum absolute atomic E-state index is 12.5. The fraction of sp³-hybridized carbons (Fsp3) is 0.214. The van der Waals surface area contributed by atoms with Crippen LogP contribution in [0.2, 0.25) is 10.0 Å². The lowest BCUT2D eigenvalue weighted by Crippen LogP contribution is -2.21. The lowest BCUT2D eigenvalue weighted by molar-refractivity contribution is 0.0601. The van der Waals surface area contributed by atoms with Gasteiger partial charge >= 0.3 is 5.97 Å². The van der Waals surface area contributed by atoms with Gasteiger partial charge in [0.2, 0.25) is 5.78 Å². The van der Waals surface area contributed by atoms with Gasteiger partial charge in [-0.25, -0.2) is 4.79 Å². The molecule has 1 N–H and O–H groups in total. The van der Waals surface area contributed by atoms with Crippen LogP contribution in [0.3, 0.4) is 0 Å². The zero-order chi connectivity index (χ0) is 16.4. The summed E-state index contributed by atoms with van der Waals surface area (Å²) in [4.78, 5) is 36.2. The number of carbonyl (C=O) groups excluding carboxylic acids is 2. The summed E-state index contributed by atoms with van der Waals surface area (Å²) in [5.41, 5.74) is -0.631. The van der Waals surface area contributed by atoms with Crippen LogP contribution >= 0.6 is 23.2 Å². The van der Waals surface area contributed by atoms with Crippen molar-refractivity contribution in [1.29, 1.82) is 0 Å². The zero-order valence-electron chi connectivity index (χ0n) is 11.8. The summed E-state index contributed by atoms with van der Waals surface area (Å²) in [5.74, 6) is -1.36. The van der Waals surface area contributed by atoms with Crippen LogP contribution in [-0.4, -0.2) is 28.6 Å². The standard InChI is InChI=1S/C14H12Cl2N2O4/c1-3-18-13(20)8(6-17-18)12(19)7-4-5-9(15)10(11(7)16)14(21)22-2/h4-6,17H,3H2,1-2H3. The summed E-state index contributed by atoms with van der Waals surface area (Å²) in [7, 11) is 1.18. The quantitative estimate of drug-likeness (QED) is 0.683. The Morgan fingerprint density at radius 1 is 1.27 bits per heavy atom. The molecule has 0 amide bonds. The van der Waals surface area contributed by atoms with Crippen molar-refractivity contribution in [3.63, 3.8) is 0 Å². The predicted molar refractivity (Wildman–Crippen MR) is 82.0 cm³/mol. The number of halogens is 2. The summed E-state index contributed by atoms with van der Waals surface area (Å²) in [6.07, 6.45) is 1.30. The van der Waals surface area contributed by atoms with E-state index in [4.69, 9.17) is 23.2 Å². The van der Waals surface area contributed by atoms with E-state index in [1.165, 1.54) is 30.1 Å². The molecule has 0 saturated carbocycles. The summed E-state index contributed by atoms with van der Waals surface area (Å²) in [6, 6.07) is 2.72. The number of ketones is 1. The molecule has 0 unspecified atom stereocenters. The van der Waals surface area contributed by atoms with Crippen molar-refractivity contribution < 1.29 is 14.3 Å². The van der Waals surface area contributed by atoms with Crippen molar-refractivity contribution in [3.8, 4) is 0 Å². The Morgan fingerprint density at radius 3 is 2.50 bits per heavy atom. The number of hydrogen-bond acceptors (Lipinski definition) is 4. The topological polar surface area (TPSA) is 81.2 Å². The molecular weight excluding hydrogens is 331 g/mol. The number of rotatable bonds is 4. The molecular formula is C14H12Cl2N2O4. The van der Waals surface area contributed by atoms with Crippen LogP contribution in [0.1, 0.15) is 33.2 Å². The second kappa shape index (κ2) is 6.37. The molecule has 8 heteroatoms. The highest BCUT2D eigenvalue weighted by Gasteiger charge is 2.24. The van der Waals surface area contributed by atoms with Crippen molar-refractivity contribution in [2.45, 2.75) is 13.5 Å². The van der Waals surface area contributed by atoms with Gasteiger partial charge in [-0.2, -0.15) is 0 Å². The molecule has 1 aromatic carbocycles.